The highest BCUT2D eigenvalue weighted by Crippen LogP contribution is 2.29. The Morgan fingerprint density at radius 2 is 1.70 bits per heavy atom. The van der Waals surface area contributed by atoms with E-state index in [2.05, 4.69) is 39.9 Å². The second kappa shape index (κ2) is 6.22. The van der Waals surface area contributed by atoms with Crippen molar-refractivity contribution in [2.45, 2.75) is 25.4 Å². The lowest BCUT2D eigenvalue weighted by molar-refractivity contribution is 0.628. The van der Waals surface area contributed by atoms with Crippen molar-refractivity contribution in [2.75, 3.05) is 0 Å². The predicted molar refractivity (Wildman–Crippen MR) is 92.8 cm³/mol. The van der Waals surface area contributed by atoms with Gasteiger partial charge in [0.25, 0.3) is 0 Å². The minimum Gasteiger partial charge on any atom is -0.310 e. The standard InChI is InChI=1S/C19H17FN2S/c20-16-7-5-15(6-8-16)19-22-18(12-23-19)14-3-1-13(2-4-14)11-21-17-9-10-17/h1-8,12,17,21H,9-11H2. The Balaban J connectivity index is 1.50. The van der Waals surface area contributed by atoms with E-state index in [0.717, 1.165) is 34.4 Å². The minimum absolute atomic E-state index is 0.221. The molecular weight excluding hydrogens is 307 g/mol. The molecule has 23 heavy (non-hydrogen) atoms. The first kappa shape index (κ1) is 14.5. The molecule has 0 bridgehead atoms. The van der Waals surface area contributed by atoms with Crippen LogP contribution in [0.4, 0.5) is 4.39 Å². The Bertz CT molecular complexity index is 789. The normalized spacial score (nSPS) is 14.1. The van der Waals surface area contributed by atoms with Crippen molar-refractivity contribution in [2.24, 2.45) is 0 Å². The maximum Gasteiger partial charge on any atom is 0.124 e. The molecule has 116 valence electrons. The van der Waals surface area contributed by atoms with E-state index in [9.17, 15) is 4.39 Å². The molecule has 1 N–H and O–H groups in total. The largest absolute Gasteiger partial charge is 0.310 e. The molecule has 0 atom stereocenters. The van der Waals surface area contributed by atoms with Gasteiger partial charge in [0.1, 0.15) is 10.8 Å². The van der Waals surface area contributed by atoms with Gasteiger partial charge >= 0.3 is 0 Å². The summed E-state index contributed by atoms with van der Waals surface area (Å²) < 4.78 is 13.0. The summed E-state index contributed by atoms with van der Waals surface area (Å²) in [6.07, 6.45) is 2.62. The first-order valence-corrected chi connectivity index (χ1v) is 8.70. The number of nitrogens with zero attached hydrogens (tertiary/aromatic N) is 1. The second-order valence-corrected chi connectivity index (χ2v) is 6.75. The second-order valence-electron chi connectivity index (χ2n) is 5.90. The molecule has 0 spiro atoms. The lowest BCUT2D eigenvalue weighted by Gasteiger charge is -2.04. The average molecular weight is 324 g/mol. The summed E-state index contributed by atoms with van der Waals surface area (Å²) in [7, 11) is 0. The molecule has 1 fully saturated rings. The average Bonchev–Trinajstić information content (AvgIpc) is 3.29. The van der Waals surface area contributed by atoms with Crippen molar-refractivity contribution in [3.63, 3.8) is 0 Å². The molecule has 1 aliphatic rings. The Morgan fingerprint density at radius 3 is 2.39 bits per heavy atom. The van der Waals surface area contributed by atoms with Gasteiger partial charge in [0, 0.05) is 29.1 Å². The van der Waals surface area contributed by atoms with Gasteiger partial charge in [-0.15, -0.1) is 11.3 Å². The maximum atomic E-state index is 13.0. The van der Waals surface area contributed by atoms with Gasteiger partial charge in [0.05, 0.1) is 5.69 Å². The molecule has 0 amide bonds. The quantitative estimate of drug-likeness (QED) is 0.724. The molecule has 0 saturated heterocycles. The number of thiazole rings is 1. The summed E-state index contributed by atoms with van der Waals surface area (Å²) in [6, 6.07) is 15.8. The molecule has 2 nitrogen and oxygen atoms in total. The smallest absolute Gasteiger partial charge is 0.124 e. The fourth-order valence-electron chi connectivity index (χ4n) is 2.47. The third-order valence-electron chi connectivity index (χ3n) is 4.02. The van der Waals surface area contributed by atoms with Crippen LogP contribution in [0.2, 0.25) is 0 Å². The van der Waals surface area contributed by atoms with Gasteiger partial charge in [-0.25, -0.2) is 9.37 Å². The summed E-state index contributed by atoms with van der Waals surface area (Å²) in [5.74, 6) is -0.221. The third-order valence-corrected chi connectivity index (χ3v) is 4.91. The summed E-state index contributed by atoms with van der Waals surface area (Å²) in [4.78, 5) is 4.67. The van der Waals surface area contributed by atoms with E-state index in [1.807, 2.05) is 0 Å². The van der Waals surface area contributed by atoms with E-state index >= 15 is 0 Å². The number of rotatable bonds is 5. The van der Waals surface area contributed by atoms with Crippen LogP contribution in [0, 0.1) is 5.82 Å². The number of hydrogen-bond acceptors (Lipinski definition) is 3. The molecule has 0 unspecified atom stereocenters. The summed E-state index contributed by atoms with van der Waals surface area (Å²) in [5.41, 5.74) is 4.34. The lowest BCUT2D eigenvalue weighted by atomic mass is 10.1. The van der Waals surface area contributed by atoms with E-state index in [1.54, 1.807) is 23.5 Å². The summed E-state index contributed by atoms with van der Waals surface area (Å²) in [6.45, 7) is 0.933. The van der Waals surface area contributed by atoms with Crippen LogP contribution in [-0.2, 0) is 6.54 Å². The van der Waals surface area contributed by atoms with E-state index in [0.29, 0.717) is 0 Å². The van der Waals surface area contributed by atoms with Crippen LogP contribution >= 0.6 is 11.3 Å². The van der Waals surface area contributed by atoms with Crippen LogP contribution in [0.1, 0.15) is 18.4 Å². The Labute approximate surface area is 139 Å². The predicted octanol–water partition coefficient (Wildman–Crippen LogP) is 4.87. The van der Waals surface area contributed by atoms with Gasteiger partial charge in [0.2, 0.25) is 0 Å². The van der Waals surface area contributed by atoms with E-state index < -0.39 is 0 Å². The third kappa shape index (κ3) is 3.49. The van der Waals surface area contributed by atoms with Gasteiger partial charge < -0.3 is 5.32 Å². The van der Waals surface area contributed by atoms with Crippen LogP contribution in [0.25, 0.3) is 21.8 Å². The molecule has 0 aliphatic heterocycles. The fourth-order valence-corrected chi connectivity index (χ4v) is 3.31. The van der Waals surface area contributed by atoms with Crippen LogP contribution in [0.5, 0.6) is 0 Å². The summed E-state index contributed by atoms with van der Waals surface area (Å²) in [5, 5.41) is 6.49. The molecule has 3 aromatic rings. The Morgan fingerprint density at radius 1 is 1.00 bits per heavy atom. The van der Waals surface area contributed by atoms with Gasteiger partial charge in [-0.1, -0.05) is 24.3 Å². The highest BCUT2D eigenvalue weighted by atomic mass is 32.1. The van der Waals surface area contributed by atoms with Crippen LogP contribution in [0.3, 0.4) is 0 Å². The SMILES string of the molecule is Fc1ccc(-c2nc(-c3ccc(CNC4CC4)cc3)cs2)cc1. The number of hydrogen-bond donors (Lipinski definition) is 1. The first-order chi connectivity index (χ1) is 11.3. The molecule has 1 aliphatic carbocycles. The number of benzene rings is 2. The highest BCUT2D eigenvalue weighted by Gasteiger charge is 2.19. The summed E-state index contributed by atoms with van der Waals surface area (Å²) >= 11 is 1.58. The van der Waals surface area contributed by atoms with Crippen molar-refractivity contribution in [3.05, 3.63) is 65.3 Å². The maximum absolute atomic E-state index is 13.0. The Kier molecular flexibility index (Phi) is 3.93. The highest BCUT2D eigenvalue weighted by molar-refractivity contribution is 7.13. The molecule has 1 saturated carbocycles. The van der Waals surface area contributed by atoms with Gasteiger partial charge in [-0.05, 0) is 42.7 Å². The van der Waals surface area contributed by atoms with Crippen molar-refractivity contribution in [3.8, 4) is 21.8 Å². The zero-order valence-corrected chi connectivity index (χ0v) is 13.4. The fraction of sp³-hybridized carbons (Fsp3) is 0.211. The van der Waals surface area contributed by atoms with Crippen LogP contribution in [-0.4, -0.2) is 11.0 Å². The molecule has 0 radical (unpaired) electrons. The molecule has 1 heterocycles. The van der Waals surface area contributed by atoms with Gasteiger partial charge in [-0.3, -0.25) is 0 Å². The van der Waals surface area contributed by atoms with E-state index in [-0.39, 0.29) is 5.82 Å². The molecule has 4 rings (SSSR count). The topological polar surface area (TPSA) is 24.9 Å². The van der Waals surface area contributed by atoms with Crippen molar-refractivity contribution >= 4 is 11.3 Å². The van der Waals surface area contributed by atoms with Crippen molar-refractivity contribution in [1.29, 1.82) is 0 Å². The minimum atomic E-state index is -0.221. The van der Waals surface area contributed by atoms with Crippen LogP contribution in [0.15, 0.2) is 53.9 Å². The monoisotopic (exact) mass is 324 g/mol. The molecule has 1 aromatic heterocycles. The number of halogens is 1. The zero-order valence-electron chi connectivity index (χ0n) is 12.6. The number of aromatic nitrogens is 1. The number of nitrogens with one attached hydrogen (secondary N) is 1. The van der Waals surface area contributed by atoms with Gasteiger partial charge in [0.15, 0.2) is 0 Å². The van der Waals surface area contributed by atoms with Crippen LogP contribution < -0.4 is 5.32 Å². The van der Waals surface area contributed by atoms with Gasteiger partial charge in [-0.2, -0.15) is 0 Å². The zero-order chi connectivity index (χ0) is 15.6. The Hall–Kier alpha value is -2.04. The van der Waals surface area contributed by atoms with Crippen molar-refractivity contribution in [1.82, 2.24) is 10.3 Å². The molecule has 4 heteroatoms. The van der Waals surface area contributed by atoms with E-state index in [1.165, 1.54) is 30.5 Å². The lowest BCUT2D eigenvalue weighted by Crippen LogP contribution is -2.14. The first-order valence-electron chi connectivity index (χ1n) is 7.82. The van der Waals surface area contributed by atoms with Crippen molar-refractivity contribution < 1.29 is 4.39 Å². The van der Waals surface area contributed by atoms with E-state index in [4.69, 9.17) is 0 Å². The molecular formula is C19H17FN2S. The molecule has 2 aromatic carbocycles.